The van der Waals surface area contributed by atoms with Crippen LogP contribution in [0.1, 0.15) is 5.89 Å². The monoisotopic (exact) mass is 261 g/mol. The molecule has 1 aromatic carbocycles. The van der Waals surface area contributed by atoms with Crippen LogP contribution in [0.5, 0.6) is 0 Å². The van der Waals surface area contributed by atoms with E-state index in [1.165, 1.54) is 0 Å². The standard InChI is InChI=1S/C13H15N3O3/c1-8-15-10-6-9(2-3-11(10)19-8)16-13(17)12-7-14-4-5-18-12/h2-3,6,12,14H,4-5,7H2,1H3,(H,16,17). The number of ether oxygens (including phenoxy) is 1. The van der Waals surface area contributed by atoms with Gasteiger partial charge < -0.3 is 19.8 Å². The van der Waals surface area contributed by atoms with Crippen LogP contribution in [0.25, 0.3) is 11.1 Å². The molecule has 1 fully saturated rings. The predicted octanol–water partition coefficient (Wildman–Crippen LogP) is 1.06. The van der Waals surface area contributed by atoms with Crippen molar-refractivity contribution in [3.8, 4) is 0 Å². The third kappa shape index (κ3) is 2.59. The molecule has 100 valence electrons. The second-order valence-electron chi connectivity index (χ2n) is 4.47. The Labute approximate surface area is 110 Å². The normalized spacial score (nSPS) is 19.5. The van der Waals surface area contributed by atoms with Crippen LogP contribution in [0, 0.1) is 6.92 Å². The SMILES string of the molecule is Cc1nc2cc(NC(=O)C3CNCCO3)ccc2o1. The third-order valence-corrected chi connectivity index (χ3v) is 2.98. The van der Waals surface area contributed by atoms with Gasteiger partial charge in [-0.05, 0) is 18.2 Å². The zero-order valence-corrected chi connectivity index (χ0v) is 10.6. The van der Waals surface area contributed by atoms with Gasteiger partial charge in [-0.15, -0.1) is 0 Å². The van der Waals surface area contributed by atoms with Gasteiger partial charge >= 0.3 is 0 Å². The van der Waals surface area contributed by atoms with Crippen LogP contribution in [0.2, 0.25) is 0 Å². The average molecular weight is 261 g/mol. The lowest BCUT2D eigenvalue weighted by Crippen LogP contribution is -2.45. The number of aryl methyl sites for hydroxylation is 1. The van der Waals surface area contributed by atoms with E-state index in [-0.39, 0.29) is 5.91 Å². The molecule has 1 aliphatic heterocycles. The molecule has 19 heavy (non-hydrogen) atoms. The fourth-order valence-corrected chi connectivity index (χ4v) is 2.08. The van der Waals surface area contributed by atoms with Crippen LogP contribution in [-0.2, 0) is 9.53 Å². The van der Waals surface area contributed by atoms with Gasteiger partial charge in [0.2, 0.25) is 0 Å². The van der Waals surface area contributed by atoms with E-state index in [0.717, 1.165) is 12.1 Å². The van der Waals surface area contributed by atoms with Crippen LogP contribution >= 0.6 is 0 Å². The van der Waals surface area contributed by atoms with E-state index >= 15 is 0 Å². The molecule has 0 radical (unpaired) electrons. The first-order chi connectivity index (χ1) is 9.22. The molecule has 1 aliphatic rings. The lowest BCUT2D eigenvalue weighted by molar-refractivity contribution is -0.128. The molecule has 0 bridgehead atoms. The molecule has 0 spiro atoms. The van der Waals surface area contributed by atoms with Crippen molar-refractivity contribution in [3.63, 3.8) is 0 Å². The zero-order valence-electron chi connectivity index (χ0n) is 10.6. The molecule has 2 N–H and O–H groups in total. The van der Waals surface area contributed by atoms with Crippen LogP contribution in [-0.4, -0.2) is 36.7 Å². The van der Waals surface area contributed by atoms with E-state index in [9.17, 15) is 4.79 Å². The van der Waals surface area contributed by atoms with Crippen molar-refractivity contribution >= 4 is 22.7 Å². The summed E-state index contributed by atoms with van der Waals surface area (Å²) in [5.41, 5.74) is 2.14. The Morgan fingerprint density at radius 1 is 1.53 bits per heavy atom. The van der Waals surface area contributed by atoms with E-state index < -0.39 is 6.10 Å². The summed E-state index contributed by atoms with van der Waals surface area (Å²) in [6.45, 7) is 3.67. The number of anilines is 1. The van der Waals surface area contributed by atoms with E-state index in [0.29, 0.717) is 30.3 Å². The fourth-order valence-electron chi connectivity index (χ4n) is 2.08. The Balaban J connectivity index is 1.74. The van der Waals surface area contributed by atoms with Crippen molar-refractivity contribution < 1.29 is 13.9 Å². The Kier molecular flexibility index (Phi) is 3.18. The average Bonchev–Trinajstić information content (AvgIpc) is 2.79. The highest BCUT2D eigenvalue weighted by molar-refractivity contribution is 5.95. The molecule has 3 rings (SSSR count). The van der Waals surface area contributed by atoms with Gasteiger partial charge in [0.15, 0.2) is 11.5 Å². The minimum absolute atomic E-state index is 0.147. The maximum atomic E-state index is 12.0. The van der Waals surface area contributed by atoms with Crippen LogP contribution < -0.4 is 10.6 Å². The van der Waals surface area contributed by atoms with Crippen molar-refractivity contribution in [1.82, 2.24) is 10.3 Å². The number of benzene rings is 1. The number of nitrogens with one attached hydrogen (secondary N) is 2. The van der Waals surface area contributed by atoms with Crippen molar-refractivity contribution in [2.45, 2.75) is 13.0 Å². The number of rotatable bonds is 2. The number of oxazole rings is 1. The number of hydrogen-bond donors (Lipinski definition) is 2. The van der Waals surface area contributed by atoms with Gasteiger partial charge in [0, 0.05) is 25.7 Å². The van der Waals surface area contributed by atoms with Gasteiger partial charge in [-0.1, -0.05) is 0 Å². The number of amides is 1. The Hall–Kier alpha value is -1.92. The molecule has 1 amide bonds. The summed E-state index contributed by atoms with van der Waals surface area (Å²) < 4.78 is 10.8. The molecule has 2 heterocycles. The number of fused-ring (bicyclic) bond motifs is 1. The van der Waals surface area contributed by atoms with Crippen molar-refractivity contribution in [2.24, 2.45) is 0 Å². The van der Waals surface area contributed by atoms with Crippen LogP contribution in [0.4, 0.5) is 5.69 Å². The number of carbonyl (C=O) groups is 1. The minimum atomic E-state index is -0.441. The maximum Gasteiger partial charge on any atom is 0.254 e. The first-order valence-electron chi connectivity index (χ1n) is 6.23. The molecule has 1 unspecified atom stereocenters. The lowest BCUT2D eigenvalue weighted by atomic mass is 10.2. The summed E-state index contributed by atoms with van der Waals surface area (Å²) in [5, 5.41) is 5.95. The fraction of sp³-hybridized carbons (Fsp3) is 0.385. The summed E-state index contributed by atoms with van der Waals surface area (Å²) in [6.07, 6.45) is -0.441. The maximum absolute atomic E-state index is 12.0. The second-order valence-corrected chi connectivity index (χ2v) is 4.47. The predicted molar refractivity (Wildman–Crippen MR) is 70.0 cm³/mol. The number of morpholine rings is 1. The second kappa shape index (κ2) is 4.99. The van der Waals surface area contributed by atoms with Gasteiger partial charge in [0.25, 0.3) is 5.91 Å². The Morgan fingerprint density at radius 2 is 2.42 bits per heavy atom. The van der Waals surface area contributed by atoms with Gasteiger partial charge in [-0.2, -0.15) is 0 Å². The molecule has 2 aromatic rings. The Bertz CT molecular complexity index is 602. The molecule has 1 aromatic heterocycles. The Morgan fingerprint density at radius 3 is 3.21 bits per heavy atom. The number of carbonyl (C=O) groups excluding carboxylic acids is 1. The van der Waals surface area contributed by atoms with E-state index in [1.807, 2.05) is 0 Å². The quantitative estimate of drug-likeness (QED) is 0.845. The molecule has 0 saturated carbocycles. The number of hydrogen-bond acceptors (Lipinski definition) is 5. The van der Waals surface area contributed by atoms with Crippen molar-refractivity contribution in [1.29, 1.82) is 0 Å². The molecule has 6 nitrogen and oxygen atoms in total. The van der Waals surface area contributed by atoms with E-state index in [1.54, 1.807) is 25.1 Å². The molecular weight excluding hydrogens is 246 g/mol. The first kappa shape index (κ1) is 12.1. The molecule has 6 heteroatoms. The van der Waals surface area contributed by atoms with E-state index in [4.69, 9.17) is 9.15 Å². The highest BCUT2D eigenvalue weighted by atomic mass is 16.5. The molecule has 1 atom stereocenters. The molecule has 1 saturated heterocycles. The van der Waals surface area contributed by atoms with Gasteiger partial charge in [0.1, 0.15) is 11.6 Å². The number of aromatic nitrogens is 1. The largest absolute Gasteiger partial charge is 0.441 e. The first-order valence-corrected chi connectivity index (χ1v) is 6.23. The van der Waals surface area contributed by atoms with Gasteiger partial charge in [-0.25, -0.2) is 4.98 Å². The smallest absolute Gasteiger partial charge is 0.254 e. The summed E-state index contributed by atoms with van der Waals surface area (Å²) in [6, 6.07) is 5.38. The number of nitrogens with zero attached hydrogens (tertiary/aromatic N) is 1. The van der Waals surface area contributed by atoms with E-state index in [2.05, 4.69) is 15.6 Å². The van der Waals surface area contributed by atoms with Gasteiger partial charge in [0.05, 0.1) is 6.61 Å². The zero-order chi connectivity index (χ0) is 13.2. The lowest BCUT2D eigenvalue weighted by Gasteiger charge is -2.22. The molecular formula is C13H15N3O3. The highest BCUT2D eigenvalue weighted by Gasteiger charge is 2.21. The van der Waals surface area contributed by atoms with Crippen molar-refractivity contribution in [3.05, 3.63) is 24.1 Å². The molecule has 0 aliphatic carbocycles. The topological polar surface area (TPSA) is 76.4 Å². The minimum Gasteiger partial charge on any atom is -0.441 e. The van der Waals surface area contributed by atoms with Crippen molar-refractivity contribution in [2.75, 3.05) is 25.0 Å². The summed E-state index contributed by atoms with van der Waals surface area (Å²) in [7, 11) is 0. The van der Waals surface area contributed by atoms with Gasteiger partial charge in [-0.3, -0.25) is 4.79 Å². The highest BCUT2D eigenvalue weighted by Crippen LogP contribution is 2.19. The van der Waals surface area contributed by atoms with Crippen LogP contribution in [0.15, 0.2) is 22.6 Å². The summed E-state index contributed by atoms with van der Waals surface area (Å²) in [4.78, 5) is 16.2. The summed E-state index contributed by atoms with van der Waals surface area (Å²) >= 11 is 0. The summed E-state index contributed by atoms with van der Waals surface area (Å²) in [5.74, 6) is 0.463. The third-order valence-electron chi connectivity index (χ3n) is 2.98. The van der Waals surface area contributed by atoms with Crippen LogP contribution in [0.3, 0.4) is 0 Å².